The first-order chi connectivity index (χ1) is 8.78. The van der Waals surface area contributed by atoms with Crippen LogP contribution in [0.25, 0.3) is 0 Å². The van der Waals surface area contributed by atoms with Crippen LogP contribution >= 0.6 is 7.14 Å². The summed E-state index contributed by atoms with van der Waals surface area (Å²) in [5.41, 5.74) is 0.613. The van der Waals surface area contributed by atoms with Crippen molar-refractivity contribution in [2.75, 3.05) is 26.3 Å². The molecule has 0 aromatic heterocycles. The Morgan fingerprint density at radius 3 is 2.47 bits per heavy atom. The minimum Gasteiger partial charge on any atom is -0.323 e. The molecule has 0 atom stereocenters. The molecule has 0 aliphatic carbocycles. The smallest absolute Gasteiger partial charge is 0.251 e. The predicted octanol–water partition coefficient (Wildman–Crippen LogP) is 1.71. The van der Waals surface area contributed by atoms with Crippen molar-refractivity contribution in [2.45, 2.75) is 6.42 Å². The Kier molecular flexibility index (Phi) is 5.66. The molecule has 1 rings (SSSR count). The summed E-state index contributed by atoms with van der Waals surface area (Å²) in [5.74, 6) is -0.887. The Morgan fingerprint density at radius 1 is 1.37 bits per heavy atom. The summed E-state index contributed by atoms with van der Waals surface area (Å²) in [6.45, 7) is 3.13. The molecular formula is C12H18FN2O3P. The van der Waals surface area contributed by atoms with Gasteiger partial charge in [0, 0.05) is 0 Å². The number of carbonyl (C=O) groups excluding carboxylic acids is 1. The molecule has 0 aliphatic heterocycles. The summed E-state index contributed by atoms with van der Waals surface area (Å²) in [6.07, 6.45) is 0.224. The van der Waals surface area contributed by atoms with Crippen LogP contribution in [0.15, 0.2) is 24.3 Å². The van der Waals surface area contributed by atoms with Crippen molar-refractivity contribution < 1.29 is 19.0 Å². The summed E-state index contributed by atoms with van der Waals surface area (Å²) in [7, 11) is -2.23. The summed E-state index contributed by atoms with van der Waals surface area (Å²) >= 11 is 0. The molecule has 0 unspecified atom stereocenters. The third-order valence-electron chi connectivity index (χ3n) is 2.31. The Morgan fingerprint density at radius 2 is 1.95 bits per heavy atom. The number of hydroxylamine groups is 2. The predicted molar refractivity (Wildman–Crippen MR) is 71.1 cm³/mol. The lowest BCUT2D eigenvalue weighted by Gasteiger charge is -2.16. The monoisotopic (exact) mass is 288 g/mol. The van der Waals surface area contributed by atoms with Crippen LogP contribution < -0.4 is 5.32 Å². The molecule has 0 bridgehead atoms. The topological polar surface area (TPSA) is 69.6 Å². The van der Waals surface area contributed by atoms with Crippen LogP contribution in [0.5, 0.6) is 0 Å². The van der Waals surface area contributed by atoms with E-state index in [-0.39, 0.29) is 25.2 Å². The second-order valence-electron chi connectivity index (χ2n) is 4.74. The van der Waals surface area contributed by atoms with Gasteiger partial charge in [-0.15, -0.1) is 0 Å². The van der Waals surface area contributed by atoms with Crippen molar-refractivity contribution in [2.24, 2.45) is 0 Å². The van der Waals surface area contributed by atoms with E-state index in [4.69, 9.17) is 0 Å². The van der Waals surface area contributed by atoms with Crippen LogP contribution in [-0.2, 0) is 15.8 Å². The number of halogens is 1. The maximum Gasteiger partial charge on any atom is 0.251 e. The van der Waals surface area contributed by atoms with E-state index in [1.807, 2.05) is 0 Å². The first-order valence-electron chi connectivity index (χ1n) is 5.76. The average molecular weight is 288 g/mol. The van der Waals surface area contributed by atoms with Gasteiger partial charge in [0.05, 0.1) is 26.5 Å². The summed E-state index contributed by atoms with van der Waals surface area (Å²) < 4.78 is 24.1. The number of rotatable bonds is 6. The molecule has 1 aromatic rings. The van der Waals surface area contributed by atoms with Gasteiger partial charge >= 0.3 is 0 Å². The molecule has 19 heavy (non-hydrogen) atoms. The minimum absolute atomic E-state index is 0.0195. The fourth-order valence-electron chi connectivity index (χ4n) is 1.38. The number of benzene rings is 1. The van der Waals surface area contributed by atoms with E-state index in [0.717, 1.165) is 0 Å². The van der Waals surface area contributed by atoms with E-state index in [0.29, 0.717) is 10.6 Å². The maximum absolute atomic E-state index is 12.7. The third-order valence-corrected chi connectivity index (χ3v) is 3.30. The quantitative estimate of drug-likeness (QED) is 0.362. The van der Waals surface area contributed by atoms with Gasteiger partial charge in [-0.1, -0.05) is 12.1 Å². The Balaban J connectivity index is 2.40. The first-order valence-corrected chi connectivity index (χ1v) is 8.55. The van der Waals surface area contributed by atoms with Gasteiger partial charge in [-0.25, -0.2) is 9.45 Å². The molecule has 0 saturated carbocycles. The molecule has 1 amide bonds. The van der Waals surface area contributed by atoms with E-state index in [1.54, 1.807) is 13.3 Å². The maximum atomic E-state index is 12.7. The molecule has 0 spiro atoms. The highest BCUT2D eigenvalue weighted by Gasteiger charge is 2.13. The van der Waals surface area contributed by atoms with E-state index in [1.165, 1.54) is 24.3 Å². The van der Waals surface area contributed by atoms with E-state index in [9.17, 15) is 19.0 Å². The number of hydrogen-bond donors (Lipinski definition) is 2. The molecular weight excluding hydrogens is 270 g/mol. The molecule has 0 aliphatic rings. The number of nitrogens with zero attached hydrogens (tertiary/aromatic N) is 1. The van der Waals surface area contributed by atoms with Gasteiger partial charge < -0.3 is 4.57 Å². The highest BCUT2D eigenvalue weighted by atomic mass is 31.2. The zero-order valence-corrected chi connectivity index (χ0v) is 11.9. The molecule has 0 fully saturated rings. The molecule has 106 valence electrons. The highest BCUT2D eigenvalue weighted by Crippen LogP contribution is 2.33. The third kappa shape index (κ3) is 6.47. The first kappa shape index (κ1) is 15.8. The van der Waals surface area contributed by atoms with E-state index >= 15 is 0 Å². The summed E-state index contributed by atoms with van der Waals surface area (Å²) in [4.78, 5) is 11.6. The van der Waals surface area contributed by atoms with Gasteiger partial charge in [-0.3, -0.25) is 15.3 Å². The van der Waals surface area contributed by atoms with Crippen LogP contribution in [-0.4, -0.2) is 42.5 Å². The van der Waals surface area contributed by atoms with Gasteiger partial charge in [0.25, 0.3) is 5.91 Å². The second kappa shape index (κ2) is 6.80. The molecule has 0 heterocycles. The minimum atomic E-state index is -2.23. The Labute approximate surface area is 111 Å². The van der Waals surface area contributed by atoms with Crippen molar-refractivity contribution >= 4 is 13.0 Å². The lowest BCUT2D eigenvalue weighted by Crippen LogP contribution is -2.37. The van der Waals surface area contributed by atoms with Crippen LogP contribution in [0.3, 0.4) is 0 Å². The van der Waals surface area contributed by atoms with Crippen LogP contribution in [0, 0.1) is 5.82 Å². The van der Waals surface area contributed by atoms with Gasteiger partial charge in [-0.2, -0.15) is 0 Å². The highest BCUT2D eigenvalue weighted by molar-refractivity contribution is 7.62. The zero-order valence-electron chi connectivity index (χ0n) is 11.0. The standard InChI is InChI=1S/C12H18FN2O3P/c1-19(2,18)9-14-8-15(17)12(16)7-10-3-5-11(13)6-4-10/h3-6,14,17H,7-9H2,1-2H3. The van der Waals surface area contributed by atoms with Crippen LogP contribution in [0.2, 0.25) is 0 Å². The van der Waals surface area contributed by atoms with Gasteiger partial charge in [0.1, 0.15) is 5.82 Å². The summed E-state index contributed by atoms with van der Waals surface area (Å²) in [5, 5.41) is 12.7. The molecule has 0 saturated heterocycles. The average Bonchev–Trinajstić information content (AvgIpc) is 2.30. The molecule has 5 nitrogen and oxygen atoms in total. The number of carbonyl (C=O) groups is 1. The van der Waals surface area contributed by atoms with Gasteiger partial charge in [0.15, 0.2) is 0 Å². The van der Waals surface area contributed by atoms with Crippen molar-refractivity contribution in [3.63, 3.8) is 0 Å². The van der Waals surface area contributed by atoms with Gasteiger partial charge in [0.2, 0.25) is 0 Å². The van der Waals surface area contributed by atoms with E-state index in [2.05, 4.69) is 5.32 Å². The largest absolute Gasteiger partial charge is 0.323 e. The zero-order chi connectivity index (χ0) is 14.5. The number of hydrogen-bond acceptors (Lipinski definition) is 4. The fourth-order valence-corrected chi connectivity index (χ4v) is 2.02. The fraction of sp³-hybridized carbons (Fsp3) is 0.417. The molecule has 0 radical (unpaired) electrons. The number of nitrogens with one attached hydrogen (secondary N) is 1. The molecule has 1 aromatic carbocycles. The Bertz CT molecular complexity index is 472. The SMILES string of the molecule is CP(C)(=O)CNCN(O)C(=O)Cc1ccc(F)cc1. The Hall–Kier alpha value is -1.23. The summed E-state index contributed by atoms with van der Waals surface area (Å²) in [6, 6.07) is 5.49. The second-order valence-corrected chi connectivity index (χ2v) is 8.20. The van der Waals surface area contributed by atoms with Crippen LogP contribution in [0.1, 0.15) is 5.56 Å². The van der Waals surface area contributed by atoms with Crippen molar-refractivity contribution in [3.8, 4) is 0 Å². The van der Waals surface area contributed by atoms with Gasteiger partial charge in [-0.05, 0) is 31.0 Å². The van der Waals surface area contributed by atoms with Crippen molar-refractivity contribution in [1.29, 1.82) is 0 Å². The van der Waals surface area contributed by atoms with Crippen molar-refractivity contribution in [3.05, 3.63) is 35.6 Å². The molecule has 2 N–H and O–H groups in total. The lowest BCUT2D eigenvalue weighted by molar-refractivity contribution is -0.165. The lowest BCUT2D eigenvalue weighted by atomic mass is 10.1. The van der Waals surface area contributed by atoms with Crippen LogP contribution in [0.4, 0.5) is 4.39 Å². The molecule has 7 heteroatoms. The number of amides is 1. The van der Waals surface area contributed by atoms with E-state index < -0.39 is 13.0 Å². The van der Waals surface area contributed by atoms with Crippen molar-refractivity contribution in [1.82, 2.24) is 10.4 Å². The normalized spacial score (nSPS) is 11.4.